The lowest BCUT2D eigenvalue weighted by atomic mass is 9.85. The molecule has 3 rings (SSSR count). The van der Waals surface area contributed by atoms with Crippen LogP contribution < -0.4 is 15.4 Å². The maximum absolute atomic E-state index is 12.0. The number of nitrogens with zero attached hydrogens (tertiary/aromatic N) is 3. The summed E-state index contributed by atoms with van der Waals surface area (Å²) in [5.74, 6) is 1.80. The first-order valence-electron chi connectivity index (χ1n) is 9.77. The number of hydrogen-bond acceptors (Lipinski definition) is 6. The van der Waals surface area contributed by atoms with E-state index in [1.165, 1.54) is 25.2 Å². The van der Waals surface area contributed by atoms with Crippen molar-refractivity contribution in [1.82, 2.24) is 25.4 Å². The zero-order chi connectivity index (χ0) is 20.8. The van der Waals surface area contributed by atoms with Gasteiger partial charge in [0.15, 0.2) is 11.0 Å². The molecule has 0 spiro atoms. The van der Waals surface area contributed by atoms with Crippen LogP contribution in [0, 0.1) is 5.92 Å². The van der Waals surface area contributed by atoms with Gasteiger partial charge in [-0.25, -0.2) is 4.79 Å². The Kier molecular flexibility index (Phi) is 7.13. The van der Waals surface area contributed by atoms with Crippen LogP contribution in [0.5, 0.6) is 5.75 Å². The van der Waals surface area contributed by atoms with Gasteiger partial charge in [-0.05, 0) is 43.0 Å². The molecule has 8 nitrogen and oxygen atoms in total. The van der Waals surface area contributed by atoms with E-state index in [0.29, 0.717) is 11.1 Å². The molecule has 29 heavy (non-hydrogen) atoms. The number of thioether (sulfide) groups is 1. The fourth-order valence-corrected chi connectivity index (χ4v) is 4.44. The number of ether oxygens (including phenoxy) is 1. The standard InChI is InChI=1S/C20H27N5O3S/c1-13-6-4-5-7-16(13)25-18(14-8-10-15(28-3)11-9-14)23-24-20(25)29-12-17(26)22-19(27)21-2/h8-11,13,16H,4-7,12H2,1-3H3,(H2,21,22,26,27)/t13-,16+/m0/s1. The number of rotatable bonds is 6. The molecule has 3 amide bonds. The first kappa shape index (κ1) is 21.2. The molecule has 1 aliphatic rings. The van der Waals surface area contributed by atoms with Crippen molar-refractivity contribution in [2.45, 2.75) is 43.8 Å². The molecule has 2 atom stereocenters. The first-order valence-corrected chi connectivity index (χ1v) is 10.8. The average Bonchev–Trinajstić information content (AvgIpc) is 3.16. The third-order valence-corrected chi connectivity index (χ3v) is 6.17. The van der Waals surface area contributed by atoms with Gasteiger partial charge in [0.05, 0.1) is 12.9 Å². The molecule has 9 heteroatoms. The molecule has 0 unspecified atom stereocenters. The first-order chi connectivity index (χ1) is 14.0. The van der Waals surface area contributed by atoms with Gasteiger partial charge in [0.2, 0.25) is 5.91 Å². The van der Waals surface area contributed by atoms with E-state index in [4.69, 9.17) is 4.74 Å². The third kappa shape index (κ3) is 5.09. The van der Waals surface area contributed by atoms with E-state index in [0.717, 1.165) is 36.4 Å². The number of amides is 3. The fourth-order valence-electron chi connectivity index (χ4n) is 3.65. The summed E-state index contributed by atoms with van der Waals surface area (Å²) in [6.45, 7) is 2.26. The van der Waals surface area contributed by atoms with E-state index < -0.39 is 6.03 Å². The molecule has 0 radical (unpaired) electrons. The van der Waals surface area contributed by atoms with E-state index in [1.54, 1.807) is 7.11 Å². The highest BCUT2D eigenvalue weighted by Gasteiger charge is 2.29. The van der Waals surface area contributed by atoms with Crippen molar-refractivity contribution in [2.24, 2.45) is 5.92 Å². The summed E-state index contributed by atoms with van der Waals surface area (Å²) >= 11 is 1.30. The third-order valence-electron chi connectivity index (χ3n) is 5.22. The fraction of sp³-hybridized carbons (Fsp3) is 0.500. The number of hydrogen-bond donors (Lipinski definition) is 2. The van der Waals surface area contributed by atoms with E-state index in [-0.39, 0.29) is 17.7 Å². The molecule has 1 saturated carbocycles. The van der Waals surface area contributed by atoms with Gasteiger partial charge in [-0.3, -0.25) is 14.7 Å². The summed E-state index contributed by atoms with van der Waals surface area (Å²) in [4.78, 5) is 23.4. The lowest BCUT2D eigenvalue weighted by molar-refractivity contribution is -0.117. The van der Waals surface area contributed by atoms with Crippen LogP contribution in [0.1, 0.15) is 38.6 Å². The van der Waals surface area contributed by atoms with Crippen molar-refractivity contribution in [3.8, 4) is 17.1 Å². The maximum atomic E-state index is 12.0. The molecule has 0 bridgehead atoms. The molecule has 1 aromatic heterocycles. The predicted octanol–water partition coefficient (Wildman–Crippen LogP) is 3.25. The Labute approximate surface area is 174 Å². The molecule has 2 aromatic rings. The normalized spacial score (nSPS) is 18.9. The number of benzene rings is 1. The van der Waals surface area contributed by atoms with Crippen molar-refractivity contribution < 1.29 is 14.3 Å². The Hall–Kier alpha value is -2.55. The summed E-state index contributed by atoms with van der Waals surface area (Å²) in [6, 6.07) is 7.52. The number of urea groups is 1. The van der Waals surface area contributed by atoms with E-state index in [1.807, 2.05) is 24.3 Å². The van der Waals surface area contributed by atoms with Crippen LogP contribution in [0.2, 0.25) is 0 Å². The molecule has 0 saturated heterocycles. The maximum Gasteiger partial charge on any atom is 0.321 e. The quantitative estimate of drug-likeness (QED) is 0.700. The second-order valence-corrected chi connectivity index (χ2v) is 8.09. The summed E-state index contributed by atoms with van der Waals surface area (Å²) in [6.07, 6.45) is 4.61. The van der Waals surface area contributed by atoms with E-state index in [9.17, 15) is 9.59 Å². The lowest BCUT2D eigenvalue weighted by Gasteiger charge is -2.31. The van der Waals surface area contributed by atoms with Crippen LogP contribution in [0.4, 0.5) is 4.79 Å². The Balaban J connectivity index is 1.88. The van der Waals surface area contributed by atoms with Crippen molar-refractivity contribution >= 4 is 23.7 Å². The summed E-state index contributed by atoms with van der Waals surface area (Å²) < 4.78 is 7.43. The smallest absolute Gasteiger partial charge is 0.321 e. The molecule has 1 fully saturated rings. The SMILES string of the molecule is CNC(=O)NC(=O)CSc1nnc(-c2ccc(OC)cc2)n1[C@@H]1CCCC[C@@H]1C. The highest BCUT2D eigenvalue weighted by atomic mass is 32.2. The number of nitrogens with one attached hydrogen (secondary N) is 2. The van der Waals surface area contributed by atoms with Crippen LogP contribution in [-0.2, 0) is 4.79 Å². The van der Waals surface area contributed by atoms with Crippen molar-refractivity contribution in [2.75, 3.05) is 19.9 Å². The highest BCUT2D eigenvalue weighted by molar-refractivity contribution is 7.99. The molecule has 1 heterocycles. The Morgan fingerprint density at radius 3 is 2.59 bits per heavy atom. The Morgan fingerprint density at radius 2 is 1.93 bits per heavy atom. The molecular weight excluding hydrogens is 390 g/mol. The van der Waals surface area contributed by atoms with Gasteiger partial charge in [-0.1, -0.05) is 31.5 Å². The van der Waals surface area contributed by atoms with Gasteiger partial charge in [0, 0.05) is 18.7 Å². The predicted molar refractivity (Wildman–Crippen MR) is 112 cm³/mol. The van der Waals surface area contributed by atoms with Gasteiger partial charge >= 0.3 is 6.03 Å². The van der Waals surface area contributed by atoms with Crippen molar-refractivity contribution in [3.63, 3.8) is 0 Å². The number of imide groups is 1. The van der Waals surface area contributed by atoms with Gasteiger partial charge in [0.1, 0.15) is 5.75 Å². The van der Waals surface area contributed by atoms with Gasteiger partial charge in [-0.15, -0.1) is 10.2 Å². The minimum Gasteiger partial charge on any atom is -0.497 e. The lowest BCUT2D eigenvalue weighted by Crippen LogP contribution is -2.38. The Bertz CT molecular complexity index is 852. The zero-order valence-corrected chi connectivity index (χ0v) is 17.8. The van der Waals surface area contributed by atoms with Gasteiger partial charge in [0.25, 0.3) is 0 Å². The topological polar surface area (TPSA) is 98.1 Å². The molecule has 1 aliphatic carbocycles. The Morgan fingerprint density at radius 1 is 1.21 bits per heavy atom. The van der Waals surface area contributed by atoms with Crippen molar-refractivity contribution in [3.05, 3.63) is 24.3 Å². The zero-order valence-electron chi connectivity index (χ0n) is 17.0. The number of carbonyl (C=O) groups excluding carboxylic acids is 2. The minimum absolute atomic E-state index is 0.0925. The second kappa shape index (κ2) is 9.78. The molecule has 0 aliphatic heterocycles. The number of aromatic nitrogens is 3. The van der Waals surface area contributed by atoms with Crippen molar-refractivity contribution in [1.29, 1.82) is 0 Å². The molecule has 2 N–H and O–H groups in total. The van der Waals surface area contributed by atoms with Gasteiger partial charge < -0.3 is 10.1 Å². The summed E-state index contributed by atoms with van der Waals surface area (Å²) in [5, 5.41) is 14.2. The number of methoxy groups -OCH3 is 1. The van der Waals surface area contributed by atoms with Crippen LogP contribution in [0.25, 0.3) is 11.4 Å². The van der Waals surface area contributed by atoms with Crippen LogP contribution in [0.3, 0.4) is 0 Å². The minimum atomic E-state index is -0.517. The van der Waals surface area contributed by atoms with Gasteiger partial charge in [-0.2, -0.15) is 0 Å². The average molecular weight is 418 g/mol. The molecular formula is C20H27N5O3S. The van der Waals surface area contributed by atoms with Crippen LogP contribution in [0.15, 0.2) is 29.4 Å². The molecule has 156 valence electrons. The molecule has 1 aromatic carbocycles. The second-order valence-electron chi connectivity index (χ2n) is 7.15. The van der Waals surface area contributed by atoms with Crippen LogP contribution >= 0.6 is 11.8 Å². The summed E-state index contributed by atoms with van der Waals surface area (Å²) in [5.41, 5.74) is 0.956. The number of carbonyl (C=O) groups is 2. The van der Waals surface area contributed by atoms with Crippen LogP contribution in [-0.4, -0.2) is 46.6 Å². The largest absolute Gasteiger partial charge is 0.497 e. The summed E-state index contributed by atoms with van der Waals surface area (Å²) in [7, 11) is 3.11. The monoisotopic (exact) mass is 417 g/mol. The highest BCUT2D eigenvalue weighted by Crippen LogP contribution is 2.39. The van der Waals surface area contributed by atoms with E-state index in [2.05, 4.69) is 32.3 Å². The van der Waals surface area contributed by atoms with E-state index >= 15 is 0 Å².